The molecule has 0 radical (unpaired) electrons. The molecule has 19 heavy (non-hydrogen) atoms. The van der Waals surface area contributed by atoms with E-state index in [0.29, 0.717) is 0 Å². The molecule has 0 aliphatic heterocycles. The minimum absolute atomic E-state index is 0.728. The fraction of sp³-hybridized carbons (Fsp3) is 0.625. The van der Waals surface area contributed by atoms with Crippen LogP contribution >= 0.6 is 15.9 Å². The van der Waals surface area contributed by atoms with Crippen LogP contribution in [0.2, 0.25) is 0 Å². The van der Waals surface area contributed by atoms with Gasteiger partial charge in [-0.3, -0.25) is 0 Å². The van der Waals surface area contributed by atoms with E-state index in [0.717, 1.165) is 30.8 Å². The van der Waals surface area contributed by atoms with E-state index in [9.17, 15) is 0 Å². The molecule has 1 rings (SSSR count). The molecule has 108 valence electrons. The molecule has 0 aromatic heterocycles. The molecular formula is C16H26BrNO. The predicted molar refractivity (Wildman–Crippen MR) is 85.4 cm³/mol. The summed E-state index contributed by atoms with van der Waals surface area (Å²) in [5, 5.41) is 3.43. The highest BCUT2D eigenvalue weighted by Gasteiger charge is 1.94. The van der Waals surface area contributed by atoms with Gasteiger partial charge in [0.15, 0.2) is 0 Å². The molecule has 2 nitrogen and oxygen atoms in total. The summed E-state index contributed by atoms with van der Waals surface area (Å²) in [5.74, 6) is 0. The second-order valence-corrected chi connectivity index (χ2v) is 5.76. The van der Waals surface area contributed by atoms with Crippen LogP contribution in [0.15, 0.2) is 28.7 Å². The smallest absolute Gasteiger partial charge is 0.0716 e. The van der Waals surface area contributed by atoms with Gasteiger partial charge in [0.05, 0.1) is 6.61 Å². The Morgan fingerprint density at radius 3 is 2.47 bits per heavy atom. The van der Waals surface area contributed by atoms with Crippen molar-refractivity contribution in [3.05, 3.63) is 34.3 Å². The maximum absolute atomic E-state index is 5.67. The lowest BCUT2D eigenvalue weighted by molar-refractivity contribution is 0.116. The Balaban J connectivity index is 1.87. The van der Waals surface area contributed by atoms with Gasteiger partial charge in [0.2, 0.25) is 0 Å². The van der Waals surface area contributed by atoms with E-state index in [1.807, 2.05) is 0 Å². The Bertz CT molecular complexity index is 313. The van der Waals surface area contributed by atoms with Gasteiger partial charge in [-0.25, -0.2) is 0 Å². The predicted octanol–water partition coefficient (Wildman–Crippen LogP) is 4.53. The molecule has 3 heteroatoms. The van der Waals surface area contributed by atoms with Crippen LogP contribution in [0.1, 0.15) is 44.6 Å². The van der Waals surface area contributed by atoms with Crippen LogP contribution in [-0.4, -0.2) is 19.7 Å². The lowest BCUT2D eigenvalue weighted by atomic mass is 10.2. The summed E-state index contributed by atoms with van der Waals surface area (Å²) in [6.45, 7) is 6.11. The topological polar surface area (TPSA) is 21.3 Å². The molecule has 1 N–H and O–H groups in total. The SMILES string of the molecule is CCCNCCCCCCOCc1ccc(Br)cc1. The quantitative estimate of drug-likeness (QED) is 0.603. The summed E-state index contributed by atoms with van der Waals surface area (Å²) in [4.78, 5) is 0. The summed E-state index contributed by atoms with van der Waals surface area (Å²) in [6.07, 6.45) is 6.26. The zero-order valence-electron chi connectivity index (χ0n) is 12.0. The molecule has 0 atom stereocenters. The van der Waals surface area contributed by atoms with Gasteiger partial charge in [0.1, 0.15) is 0 Å². The normalized spacial score (nSPS) is 10.8. The Morgan fingerprint density at radius 1 is 1.00 bits per heavy atom. The maximum atomic E-state index is 5.67. The van der Waals surface area contributed by atoms with Crippen LogP contribution in [0, 0.1) is 0 Å². The number of ether oxygens (including phenoxy) is 1. The van der Waals surface area contributed by atoms with Crippen LogP contribution in [0.25, 0.3) is 0 Å². The van der Waals surface area contributed by atoms with Gasteiger partial charge in [-0.05, 0) is 50.0 Å². The van der Waals surface area contributed by atoms with E-state index in [1.54, 1.807) is 0 Å². The molecule has 0 fully saturated rings. The monoisotopic (exact) mass is 327 g/mol. The summed E-state index contributed by atoms with van der Waals surface area (Å²) in [5.41, 5.74) is 1.24. The van der Waals surface area contributed by atoms with E-state index >= 15 is 0 Å². The van der Waals surface area contributed by atoms with Crippen molar-refractivity contribution in [3.8, 4) is 0 Å². The van der Waals surface area contributed by atoms with Crippen molar-refractivity contribution in [1.29, 1.82) is 0 Å². The average Bonchev–Trinajstić information content (AvgIpc) is 2.43. The minimum atomic E-state index is 0.728. The third kappa shape index (κ3) is 9.20. The third-order valence-electron chi connectivity index (χ3n) is 3.00. The minimum Gasteiger partial charge on any atom is -0.377 e. The van der Waals surface area contributed by atoms with Gasteiger partial charge in [-0.15, -0.1) is 0 Å². The van der Waals surface area contributed by atoms with Crippen molar-refractivity contribution in [2.75, 3.05) is 19.7 Å². The maximum Gasteiger partial charge on any atom is 0.0716 e. The molecule has 0 saturated carbocycles. The van der Waals surface area contributed by atoms with Crippen LogP contribution in [0.5, 0.6) is 0 Å². The summed E-state index contributed by atoms with van der Waals surface area (Å²) < 4.78 is 6.79. The van der Waals surface area contributed by atoms with Crippen molar-refractivity contribution in [2.24, 2.45) is 0 Å². The van der Waals surface area contributed by atoms with Crippen LogP contribution in [0.4, 0.5) is 0 Å². The number of rotatable bonds is 11. The van der Waals surface area contributed by atoms with Crippen molar-refractivity contribution in [2.45, 2.75) is 45.6 Å². The van der Waals surface area contributed by atoms with E-state index in [1.165, 1.54) is 37.7 Å². The molecule has 0 saturated heterocycles. The molecule has 1 aromatic rings. The van der Waals surface area contributed by atoms with Crippen LogP contribution in [0.3, 0.4) is 0 Å². The number of halogens is 1. The second kappa shape index (κ2) is 11.4. The molecule has 0 amide bonds. The van der Waals surface area contributed by atoms with Gasteiger partial charge in [-0.2, -0.15) is 0 Å². The fourth-order valence-corrected chi connectivity index (χ4v) is 2.14. The lowest BCUT2D eigenvalue weighted by Gasteiger charge is -2.05. The number of hydrogen-bond donors (Lipinski definition) is 1. The zero-order chi connectivity index (χ0) is 13.8. The Kier molecular flexibility index (Phi) is 10.0. The standard InChI is InChI=1S/C16H26BrNO/c1-2-11-18-12-5-3-4-6-13-19-14-15-7-9-16(17)10-8-15/h7-10,18H,2-6,11-14H2,1H3. The average molecular weight is 328 g/mol. The number of benzene rings is 1. The molecular weight excluding hydrogens is 302 g/mol. The van der Waals surface area contributed by atoms with Crippen molar-refractivity contribution in [3.63, 3.8) is 0 Å². The highest BCUT2D eigenvalue weighted by molar-refractivity contribution is 9.10. The van der Waals surface area contributed by atoms with Gasteiger partial charge in [-0.1, -0.05) is 47.8 Å². The summed E-state index contributed by atoms with van der Waals surface area (Å²) in [6, 6.07) is 8.32. The first-order chi connectivity index (χ1) is 9.33. The third-order valence-corrected chi connectivity index (χ3v) is 3.53. The van der Waals surface area contributed by atoms with E-state index in [-0.39, 0.29) is 0 Å². The summed E-state index contributed by atoms with van der Waals surface area (Å²) >= 11 is 3.43. The number of nitrogens with one attached hydrogen (secondary N) is 1. The highest BCUT2D eigenvalue weighted by Crippen LogP contribution is 2.11. The Labute approximate surface area is 126 Å². The van der Waals surface area contributed by atoms with Crippen LogP contribution in [-0.2, 0) is 11.3 Å². The Hall–Kier alpha value is -0.380. The first-order valence-corrected chi connectivity index (χ1v) is 8.15. The van der Waals surface area contributed by atoms with Crippen LogP contribution < -0.4 is 5.32 Å². The van der Waals surface area contributed by atoms with Gasteiger partial charge in [0, 0.05) is 11.1 Å². The molecule has 1 aromatic carbocycles. The molecule has 0 bridgehead atoms. The number of hydrogen-bond acceptors (Lipinski definition) is 2. The Morgan fingerprint density at radius 2 is 1.74 bits per heavy atom. The fourth-order valence-electron chi connectivity index (χ4n) is 1.88. The highest BCUT2D eigenvalue weighted by atomic mass is 79.9. The van der Waals surface area contributed by atoms with Crippen molar-refractivity contribution in [1.82, 2.24) is 5.32 Å². The zero-order valence-corrected chi connectivity index (χ0v) is 13.5. The first-order valence-electron chi connectivity index (χ1n) is 7.36. The van der Waals surface area contributed by atoms with Gasteiger partial charge in [0.25, 0.3) is 0 Å². The molecule has 0 spiro atoms. The number of unbranched alkanes of at least 4 members (excludes halogenated alkanes) is 3. The lowest BCUT2D eigenvalue weighted by Crippen LogP contribution is -2.15. The van der Waals surface area contributed by atoms with Crippen molar-refractivity contribution < 1.29 is 4.74 Å². The molecule has 0 aliphatic rings. The van der Waals surface area contributed by atoms with E-state index in [4.69, 9.17) is 4.74 Å². The van der Waals surface area contributed by atoms with E-state index < -0.39 is 0 Å². The second-order valence-electron chi connectivity index (χ2n) is 4.84. The molecule has 0 aliphatic carbocycles. The molecule has 0 unspecified atom stereocenters. The summed E-state index contributed by atoms with van der Waals surface area (Å²) in [7, 11) is 0. The van der Waals surface area contributed by atoms with Crippen molar-refractivity contribution >= 4 is 15.9 Å². The van der Waals surface area contributed by atoms with Gasteiger partial charge < -0.3 is 10.1 Å². The van der Waals surface area contributed by atoms with E-state index in [2.05, 4.69) is 52.4 Å². The largest absolute Gasteiger partial charge is 0.377 e. The molecule has 0 heterocycles. The first kappa shape index (κ1) is 16.7. The van der Waals surface area contributed by atoms with Gasteiger partial charge >= 0.3 is 0 Å².